The molecule has 0 N–H and O–H groups in total. The average Bonchev–Trinajstić information content (AvgIpc) is 3.41. The molecule has 1 heterocycles. The van der Waals surface area contributed by atoms with Crippen LogP contribution in [-0.4, -0.2) is 43.0 Å². The Kier molecular flexibility index (Phi) is 6.82. The molecule has 178 valence electrons. The second-order valence-electron chi connectivity index (χ2n) is 9.42. The van der Waals surface area contributed by atoms with Crippen LogP contribution in [0.2, 0.25) is 0 Å². The summed E-state index contributed by atoms with van der Waals surface area (Å²) in [6, 6.07) is 28.9. The molecule has 4 aromatic rings. The Bertz CT molecular complexity index is 1310. The number of carbonyl (C=O) groups is 1. The first kappa shape index (κ1) is 23.1. The Morgan fingerprint density at radius 3 is 2.26 bits per heavy atom. The molecule has 1 fully saturated rings. The predicted molar refractivity (Wildman–Crippen MR) is 143 cm³/mol. The van der Waals surface area contributed by atoms with E-state index >= 15 is 0 Å². The highest BCUT2D eigenvalue weighted by Crippen LogP contribution is 2.25. The molecule has 35 heavy (non-hydrogen) atoms. The van der Waals surface area contributed by atoms with E-state index in [9.17, 15) is 4.79 Å². The molecule has 4 nitrogen and oxygen atoms in total. The Morgan fingerprint density at radius 2 is 1.57 bits per heavy atom. The SMILES string of the molecule is COc1ccc(-c2ccc(C(=O)N(C)Cc3cccc4cc(CN5CCCC5)ccc34)cc2)cc1. The summed E-state index contributed by atoms with van der Waals surface area (Å²) in [6.07, 6.45) is 2.62. The van der Waals surface area contributed by atoms with E-state index in [0.29, 0.717) is 12.1 Å². The summed E-state index contributed by atoms with van der Waals surface area (Å²) in [5.74, 6) is 0.854. The normalized spacial score (nSPS) is 13.8. The molecular weight excluding hydrogens is 432 g/mol. The zero-order valence-electron chi connectivity index (χ0n) is 20.5. The van der Waals surface area contributed by atoms with Gasteiger partial charge in [0.15, 0.2) is 0 Å². The fourth-order valence-corrected chi connectivity index (χ4v) is 4.97. The summed E-state index contributed by atoms with van der Waals surface area (Å²) in [6.45, 7) is 3.99. The molecule has 1 aliphatic rings. The van der Waals surface area contributed by atoms with E-state index in [1.807, 2.05) is 55.6 Å². The third kappa shape index (κ3) is 5.23. The van der Waals surface area contributed by atoms with Crippen molar-refractivity contribution in [2.75, 3.05) is 27.2 Å². The van der Waals surface area contributed by atoms with Crippen LogP contribution in [0.25, 0.3) is 21.9 Å². The molecule has 0 radical (unpaired) electrons. The smallest absolute Gasteiger partial charge is 0.253 e. The largest absolute Gasteiger partial charge is 0.497 e. The van der Waals surface area contributed by atoms with Gasteiger partial charge in [-0.05, 0) is 89.3 Å². The van der Waals surface area contributed by atoms with Gasteiger partial charge < -0.3 is 9.64 Å². The highest BCUT2D eigenvalue weighted by atomic mass is 16.5. The fourth-order valence-electron chi connectivity index (χ4n) is 4.97. The van der Waals surface area contributed by atoms with Crippen molar-refractivity contribution in [3.63, 3.8) is 0 Å². The van der Waals surface area contributed by atoms with Crippen LogP contribution in [0.4, 0.5) is 0 Å². The lowest BCUT2D eigenvalue weighted by Gasteiger charge is -2.19. The average molecular weight is 465 g/mol. The molecule has 0 saturated carbocycles. The van der Waals surface area contributed by atoms with Crippen LogP contribution in [0, 0.1) is 0 Å². The van der Waals surface area contributed by atoms with Gasteiger partial charge in [-0.3, -0.25) is 9.69 Å². The molecule has 4 heteroatoms. The first-order valence-electron chi connectivity index (χ1n) is 12.3. The third-order valence-electron chi connectivity index (χ3n) is 6.95. The summed E-state index contributed by atoms with van der Waals surface area (Å²) in [5.41, 5.74) is 5.39. The number of hydrogen-bond donors (Lipinski definition) is 0. The predicted octanol–water partition coefficient (Wildman–Crippen LogP) is 6.38. The van der Waals surface area contributed by atoms with Gasteiger partial charge in [0.05, 0.1) is 7.11 Å². The van der Waals surface area contributed by atoms with E-state index in [0.717, 1.165) is 23.4 Å². The van der Waals surface area contributed by atoms with Gasteiger partial charge in [-0.2, -0.15) is 0 Å². The van der Waals surface area contributed by atoms with Crippen molar-refractivity contribution in [1.82, 2.24) is 9.80 Å². The zero-order valence-corrected chi connectivity index (χ0v) is 20.5. The van der Waals surface area contributed by atoms with E-state index in [2.05, 4.69) is 41.3 Å². The second kappa shape index (κ2) is 10.3. The van der Waals surface area contributed by atoms with Crippen LogP contribution in [0.1, 0.15) is 34.3 Å². The van der Waals surface area contributed by atoms with Gasteiger partial charge in [0.25, 0.3) is 5.91 Å². The maximum atomic E-state index is 13.2. The van der Waals surface area contributed by atoms with Crippen molar-refractivity contribution in [2.45, 2.75) is 25.9 Å². The van der Waals surface area contributed by atoms with Crippen molar-refractivity contribution < 1.29 is 9.53 Å². The summed E-state index contributed by atoms with van der Waals surface area (Å²) >= 11 is 0. The van der Waals surface area contributed by atoms with Gasteiger partial charge >= 0.3 is 0 Å². The fraction of sp³-hybridized carbons (Fsp3) is 0.258. The second-order valence-corrected chi connectivity index (χ2v) is 9.42. The lowest BCUT2D eigenvalue weighted by Crippen LogP contribution is -2.26. The molecule has 0 aromatic heterocycles. The quantitative estimate of drug-likeness (QED) is 0.318. The molecule has 4 aromatic carbocycles. The molecule has 0 aliphatic carbocycles. The molecule has 5 rings (SSSR count). The number of benzene rings is 4. The zero-order chi connectivity index (χ0) is 24.2. The van der Waals surface area contributed by atoms with Crippen molar-refractivity contribution in [1.29, 1.82) is 0 Å². The molecule has 0 atom stereocenters. The van der Waals surface area contributed by atoms with E-state index in [4.69, 9.17) is 4.74 Å². The summed E-state index contributed by atoms with van der Waals surface area (Å²) in [7, 11) is 3.54. The molecular formula is C31H32N2O2. The van der Waals surface area contributed by atoms with E-state index in [1.54, 1.807) is 12.0 Å². The minimum absolute atomic E-state index is 0.0222. The number of fused-ring (bicyclic) bond motifs is 1. The Balaban J connectivity index is 1.29. The van der Waals surface area contributed by atoms with Crippen LogP contribution < -0.4 is 4.74 Å². The number of likely N-dealkylation sites (tertiary alicyclic amines) is 1. The lowest BCUT2D eigenvalue weighted by atomic mass is 10.0. The van der Waals surface area contributed by atoms with E-state index in [-0.39, 0.29) is 5.91 Å². The summed E-state index contributed by atoms with van der Waals surface area (Å²) in [5, 5.41) is 2.45. The van der Waals surface area contributed by atoms with Gasteiger partial charge in [-0.1, -0.05) is 54.6 Å². The first-order valence-corrected chi connectivity index (χ1v) is 12.3. The minimum atomic E-state index is 0.0222. The minimum Gasteiger partial charge on any atom is -0.497 e. The van der Waals surface area contributed by atoms with Gasteiger partial charge in [0.1, 0.15) is 5.75 Å². The Labute approximate surface area is 207 Å². The number of methoxy groups -OCH3 is 1. The summed E-state index contributed by atoms with van der Waals surface area (Å²) in [4.78, 5) is 17.5. The monoisotopic (exact) mass is 464 g/mol. The van der Waals surface area contributed by atoms with Crippen molar-refractivity contribution in [3.05, 3.63) is 102 Å². The number of rotatable bonds is 7. The van der Waals surface area contributed by atoms with Crippen LogP contribution in [-0.2, 0) is 13.1 Å². The van der Waals surface area contributed by atoms with E-state index < -0.39 is 0 Å². The first-order chi connectivity index (χ1) is 17.1. The van der Waals surface area contributed by atoms with Gasteiger partial charge in [0.2, 0.25) is 0 Å². The lowest BCUT2D eigenvalue weighted by molar-refractivity contribution is 0.0785. The Morgan fingerprint density at radius 1 is 0.886 bits per heavy atom. The van der Waals surface area contributed by atoms with Crippen molar-refractivity contribution in [2.24, 2.45) is 0 Å². The molecule has 1 saturated heterocycles. The molecule has 1 amide bonds. The molecule has 0 bridgehead atoms. The van der Waals surface area contributed by atoms with Crippen LogP contribution in [0.3, 0.4) is 0 Å². The van der Waals surface area contributed by atoms with Crippen molar-refractivity contribution in [3.8, 4) is 16.9 Å². The maximum Gasteiger partial charge on any atom is 0.253 e. The number of nitrogens with zero attached hydrogens (tertiary/aromatic N) is 2. The van der Waals surface area contributed by atoms with E-state index in [1.165, 1.54) is 47.8 Å². The topological polar surface area (TPSA) is 32.8 Å². The maximum absolute atomic E-state index is 13.2. The molecule has 0 spiro atoms. The number of ether oxygens (including phenoxy) is 1. The highest BCUT2D eigenvalue weighted by molar-refractivity contribution is 5.95. The van der Waals surface area contributed by atoms with Crippen LogP contribution in [0.15, 0.2) is 84.9 Å². The Hall–Kier alpha value is -3.63. The summed E-state index contributed by atoms with van der Waals surface area (Å²) < 4.78 is 5.24. The third-order valence-corrected chi connectivity index (χ3v) is 6.95. The number of amides is 1. The van der Waals surface area contributed by atoms with Gasteiger partial charge in [0, 0.05) is 25.7 Å². The number of hydrogen-bond acceptors (Lipinski definition) is 3. The number of carbonyl (C=O) groups excluding carboxylic acids is 1. The van der Waals surface area contributed by atoms with Gasteiger partial charge in [-0.25, -0.2) is 0 Å². The van der Waals surface area contributed by atoms with Gasteiger partial charge in [-0.15, -0.1) is 0 Å². The van der Waals surface area contributed by atoms with Crippen LogP contribution in [0.5, 0.6) is 5.75 Å². The van der Waals surface area contributed by atoms with Crippen molar-refractivity contribution >= 4 is 16.7 Å². The standard InChI is InChI=1S/C31H32N2O2/c1-32(31(34)26-11-9-24(10-12-26)25-13-15-29(35-2)16-14-25)22-28-7-5-6-27-20-23(8-17-30(27)28)21-33-18-3-4-19-33/h5-17,20H,3-4,18-19,21-22H2,1-2H3. The molecule has 0 unspecified atom stereocenters. The molecule has 1 aliphatic heterocycles. The highest BCUT2D eigenvalue weighted by Gasteiger charge is 2.15. The van der Waals surface area contributed by atoms with Crippen LogP contribution >= 0.6 is 0 Å².